The summed E-state index contributed by atoms with van der Waals surface area (Å²) in [7, 11) is 1.66. The molecule has 88 valence electrons. The van der Waals surface area contributed by atoms with Crippen molar-refractivity contribution >= 4 is 5.69 Å². The number of nitrogens with one attached hydrogen (secondary N) is 1. The lowest BCUT2D eigenvalue weighted by Crippen LogP contribution is -2.08. The minimum atomic E-state index is 0.107. The molecule has 1 aromatic carbocycles. The van der Waals surface area contributed by atoms with Crippen LogP contribution in [0.15, 0.2) is 42.9 Å². The standard InChI is InChI=1S/C13H15N3O/c1-10(13-9-14-6-7-15-13)16-11-4-3-5-12(8-11)17-2/h3-10,16H,1-2H3. The summed E-state index contributed by atoms with van der Waals surface area (Å²) >= 11 is 0. The number of aromatic nitrogens is 2. The van der Waals surface area contributed by atoms with Gasteiger partial charge in [0.1, 0.15) is 5.75 Å². The summed E-state index contributed by atoms with van der Waals surface area (Å²) in [4.78, 5) is 8.32. The van der Waals surface area contributed by atoms with Crippen molar-refractivity contribution in [2.24, 2.45) is 0 Å². The van der Waals surface area contributed by atoms with E-state index in [0.717, 1.165) is 17.1 Å². The van der Waals surface area contributed by atoms with Crippen LogP contribution in [0.25, 0.3) is 0 Å². The van der Waals surface area contributed by atoms with Crippen molar-refractivity contribution in [3.8, 4) is 5.75 Å². The Morgan fingerprint density at radius 1 is 1.29 bits per heavy atom. The Bertz CT molecular complexity index is 473. The van der Waals surface area contributed by atoms with Crippen molar-refractivity contribution in [2.45, 2.75) is 13.0 Å². The normalized spacial score (nSPS) is 11.9. The minimum Gasteiger partial charge on any atom is -0.497 e. The number of anilines is 1. The lowest BCUT2D eigenvalue weighted by atomic mass is 10.2. The largest absolute Gasteiger partial charge is 0.497 e. The van der Waals surface area contributed by atoms with Gasteiger partial charge in [-0.15, -0.1) is 0 Å². The monoisotopic (exact) mass is 229 g/mol. The molecule has 1 atom stereocenters. The first-order valence-corrected chi connectivity index (χ1v) is 5.46. The molecule has 1 unspecified atom stereocenters. The molecule has 0 bridgehead atoms. The number of methoxy groups -OCH3 is 1. The molecular formula is C13H15N3O. The lowest BCUT2D eigenvalue weighted by molar-refractivity contribution is 0.415. The molecule has 0 aliphatic rings. The predicted molar refractivity (Wildman–Crippen MR) is 67.1 cm³/mol. The molecule has 4 heteroatoms. The zero-order chi connectivity index (χ0) is 12.1. The Balaban J connectivity index is 2.10. The zero-order valence-electron chi connectivity index (χ0n) is 9.92. The molecular weight excluding hydrogens is 214 g/mol. The highest BCUT2D eigenvalue weighted by Crippen LogP contribution is 2.21. The van der Waals surface area contributed by atoms with Gasteiger partial charge in [-0.2, -0.15) is 0 Å². The fraction of sp³-hybridized carbons (Fsp3) is 0.231. The smallest absolute Gasteiger partial charge is 0.120 e. The SMILES string of the molecule is COc1cccc(NC(C)c2cnccn2)c1. The second-order valence-electron chi connectivity index (χ2n) is 3.73. The molecule has 1 aromatic heterocycles. The molecule has 0 aliphatic carbocycles. The average Bonchev–Trinajstić information content (AvgIpc) is 2.40. The summed E-state index contributed by atoms with van der Waals surface area (Å²) < 4.78 is 5.17. The van der Waals surface area contributed by atoms with Gasteiger partial charge >= 0.3 is 0 Å². The van der Waals surface area contributed by atoms with E-state index in [1.165, 1.54) is 0 Å². The predicted octanol–water partition coefficient (Wildman–Crippen LogP) is 2.66. The molecule has 2 aromatic rings. The Hall–Kier alpha value is -2.10. The minimum absolute atomic E-state index is 0.107. The van der Waals surface area contributed by atoms with E-state index >= 15 is 0 Å². The van der Waals surface area contributed by atoms with Crippen LogP contribution in [0.5, 0.6) is 5.75 Å². The quantitative estimate of drug-likeness (QED) is 0.875. The van der Waals surface area contributed by atoms with Gasteiger partial charge in [-0.1, -0.05) is 6.07 Å². The summed E-state index contributed by atoms with van der Waals surface area (Å²) in [6.45, 7) is 2.05. The van der Waals surface area contributed by atoms with Crippen molar-refractivity contribution in [1.29, 1.82) is 0 Å². The van der Waals surface area contributed by atoms with E-state index in [1.807, 2.05) is 31.2 Å². The third-order valence-corrected chi connectivity index (χ3v) is 2.48. The van der Waals surface area contributed by atoms with Gasteiger partial charge in [0.2, 0.25) is 0 Å². The van der Waals surface area contributed by atoms with Crippen molar-refractivity contribution in [1.82, 2.24) is 9.97 Å². The topological polar surface area (TPSA) is 47.0 Å². The highest BCUT2D eigenvalue weighted by Gasteiger charge is 2.06. The maximum atomic E-state index is 5.17. The number of hydrogen-bond donors (Lipinski definition) is 1. The van der Waals surface area contributed by atoms with Crippen LogP contribution < -0.4 is 10.1 Å². The zero-order valence-corrected chi connectivity index (χ0v) is 9.92. The molecule has 0 fully saturated rings. The van der Waals surface area contributed by atoms with Gasteiger partial charge in [0.05, 0.1) is 25.0 Å². The van der Waals surface area contributed by atoms with Gasteiger partial charge in [0.15, 0.2) is 0 Å². The van der Waals surface area contributed by atoms with Crippen molar-refractivity contribution < 1.29 is 4.74 Å². The Morgan fingerprint density at radius 2 is 2.18 bits per heavy atom. The van der Waals surface area contributed by atoms with Crippen LogP contribution >= 0.6 is 0 Å². The molecule has 1 heterocycles. The highest BCUT2D eigenvalue weighted by molar-refractivity contribution is 5.49. The van der Waals surface area contributed by atoms with Crippen LogP contribution in [0, 0.1) is 0 Å². The third-order valence-electron chi connectivity index (χ3n) is 2.48. The van der Waals surface area contributed by atoms with E-state index in [0.29, 0.717) is 0 Å². The number of rotatable bonds is 4. The fourth-order valence-corrected chi connectivity index (χ4v) is 1.57. The van der Waals surface area contributed by atoms with Crippen molar-refractivity contribution in [3.05, 3.63) is 48.5 Å². The first kappa shape index (κ1) is 11.4. The third kappa shape index (κ3) is 2.93. The second-order valence-corrected chi connectivity index (χ2v) is 3.73. The number of nitrogens with zero attached hydrogens (tertiary/aromatic N) is 2. The van der Waals surface area contributed by atoms with E-state index in [1.54, 1.807) is 25.7 Å². The Morgan fingerprint density at radius 3 is 2.88 bits per heavy atom. The van der Waals surface area contributed by atoms with E-state index in [2.05, 4.69) is 15.3 Å². The first-order valence-electron chi connectivity index (χ1n) is 5.46. The molecule has 2 rings (SSSR count). The van der Waals surface area contributed by atoms with Gasteiger partial charge < -0.3 is 10.1 Å². The average molecular weight is 229 g/mol. The summed E-state index contributed by atoms with van der Waals surface area (Å²) in [5.41, 5.74) is 1.91. The Kier molecular flexibility index (Phi) is 3.55. The summed E-state index contributed by atoms with van der Waals surface area (Å²) in [6, 6.07) is 7.92. The van der Waals surface area contributed by atoms with Crippen LogP contribution in [0.4, 0.5) is 5.69 Å². The van der Waals surface area contributed by atoms with Gasteiger partial charge in [-0.3, -0.25) is 9.97 Å². The Labute approximate surface area is 101 Å². The van der Waals surface area contributed by atoms with Crippen LogP contribution in [-0.2, 0) is 0 Å². The van der Waals surface area contributed by atoms with Gasteiger partial charge in [-0.05, 0) is 19.1 Å². The fourth-order valence-electron chi connectivity index (χ4n) is 1.57. The molecule has 0 saturated heterocycles. The summed E-state index contributed by atoms with van der Waals surface area (Å²) in [6.07, 6.45) is 5.12. The molecule has 0 aliphatic heterocycles. The van der Waals surface area contributed by atoms with Crippen LogP contribution in [-0.4, -0.2) is 17.1 Å². The molecule has 4 nitrogen and oxygen atoms in total. The highest BCUT2D eigenvalue weighted by atomic mass is 16.5. The van der Waals surface area contributed by atoms with E-state index < -0.39 is 0 Å². The molecule has 0 spiro atoms. The maximum absolute atomic E-state index is 5.17. The van der Waals surface area contributed by atoms with Gasteiger partial charge in [-0.25, -0.2) is 0 Å². The summed E-state index contributed by atoms with van der Waals surface area (Å²) in [5, 5.41) is 3.35. The van der Waals surface area contributed by atoms with E-state index in [-0.39, 0.29) is 6.04 Å². The molecule has 1 N–H and O–H groups in total. The molecule has 0 amide bonds. The van der Waals surface area contributed by atoms with Crippen LogP contribution in [0.3, 0.4) is 0 Å². The maximum Gasteiger partial charge on any atom is 0.120 e. The second kappa shape index (κ2) is 5.30. The lowest BCUT2D eigenvalue weighted by Gasteiger charge is -2.14. The van der Waals surface area contributed by atoms with Crippen LogP contribution in [0.1, 0.15) is 18.7 Å². The number of hydrogen-bond acceptors (Lipinski definition) is 4. The van der Waals surface area contributed by atoms with Gasteiger partial charge in [0.25, 0.3) is 0 Å². The number of ether oxygens (including phenoxy) is 1. The van der Waals surface area contributed by atoms with Crippen molar-refractivity contribution in [2.75, 3.05) is 12.4 Å². The molecule has 0 radical (unpaired) electrons. The molecule has 0 saturated carbocycles. The van der Waals surface area contributed by atoms with E-state index in [9.17, 15) is 0 Å². The first-order chi connectivity index (χ1) is 8.29. The molecule has 17 heavy (non-hydrogen) atoms. The van der Waals surface area contributed by atoms with E-state index in [4.69, 9.17) is 4.74 Å². The number of benzene rings is 1. The summed E-state index contributed by atoms with van der Waals surface area (Å²) in [5.74, 6) is 0.835. The van der Waals surface area contributed by atoms with Gasteiger partial charge in [0, 0.05) is 24.1 Å². The van der Waals surface area contributed by atoms with Crippen LogP contribution in [0.2, 0.25) is 0 Å². The van der Waals surface area contributed by atoms with Crippen molar-refractivity contribution in [3.63, 3.8) is 0 Å².